The van der Waals surface area contributed by atoms with Crippen molar-refractivity contribution in [2.24, 2.45) is 0 Å². The highest BCUT2D eigenvalue weighted by Crippen LogP contribution is 2.19. The van der Waals surface area contributed by atoms with E-state index >= 15 is 0 Å². The molecule has 2 heterocycles. The van der Waals surface area contributed by atoms with Gasteiger partial charge in [0.15, 0.2) is 9.84 Å². The molecule has 15 heavy (non-hydrogen) atoms. The second-order valence-corrected chi connectivity index (χ2v) is 6.94. The van der Waals surface area contributed by atoms with Crippen molar-refractivity contribution in [3.05, 3.63) is 11.5 Å². The Morgan fingerprint density at radius 3 is 2.73 bits per heavy atom. The largest absolute Gasteiger partial charge is 0.309 e. The summed E-state index contributed by atoms with van der Waals surface area (Å²) < 4.78 is 22.6. The Labute approximate surface area is 91.3 Å². The van der Waals surface area contributed by atoms with Gasteiger partial charge < -0.3 is 5.32 Å². The average Bonchev–Trinajstić information content (AvgIpc) is 2.44. The van der Waals surface area contributed by atoms with Gasteiger partial charge in [0.05, 0.1) is 5.75 Å². The van der Waals surface area contributed by atoms with Gasteiger partial charge in [-0.2, -0.15) is 0 Å². The maximum Gasteiger partial charge on any atom is 0.173 e. The molecule has 1 N–H and O–H groups in total. The number of hydrogen-bond donors (Lipinski definition) is 1. The van der Waals surface area contributed by atoms with Crippen LogP contribution in [0.5, 0.6) is 0 Å². The Balaban J connectivity index is 2.04. The predicted octanol–water partition coefficient (Wildman–Crippen LogP) is -0.0191. The lowest BCUT2D eigenvalue weighted by Crippen LogP contribution is -2.59. The first-order valence-electron chi connectivity index (χ1n) is 5.28. The third-order valence-electron chi connectivity index (χ3n) is 2.98. The van der Waals surface area contributed by atoms with Crippen LogP contribution in [0, 0.1) is 0 Å². The van der Waals surface area contributed by atoms with E-state index in [0.29, 0.717) is 0 Å². The molecule has 0 amide bonds. The molecule has 5 heteroatoms. The van der Waals surface area contributed by atoms with Gasteiger partial charge in [-0.15, -0.1) is 0 Å². The first kappa shape index (κ1) is 11.1. The van der Waals surface area contributed by atoms with Crippen LogP contribution in [0.4, 0.5) is 0 Å². The Morgan fingerprint density at radius 1 is 1.47 bits per heavy atom. The first-order chi connectivity index (χ1) is 6.88. The number of nitrogens with zero attached hydrogens (tertiary/aromatic N) is 1. The number of piperazine rings is 1. The highest BCUT2D eigenvalue weighted by Gasteiger charge is 2.33. The van der Waals surface area contributed by atoms with Crippen molar-refractivity contribution >= 4 is 9.84 Å². The van der Waals surface area contributed by atoms with E-state index in [1.165, 1.54) is 5.41 Å². The van der Waals surface area contributed by atoms with E-state index in [4.69, 9.17) is 0 Å². The molecule has 0 aromatic heterocycles. The van der Waals surface area contributed by atoms with Gasteiger partial charge in [-0.1, -0.05) is 6.08 Å². The number of rotatable bonds is 1. The van der Waals surface area contributed by atoms with Gasteiger partial charge in [0, 0.05) is 36.6 Å². The molecule has 1 fully saturated rings. The molecule has 0 aliphatic carbocycles. The Bertz CT molecular complexity index is 373. The molecule has 2 aliphatic heterocycles. The Kier molecular flexibility index (Phi) is 2.65. The van der Waals surface area contributed by atoms with E-state index in [9.17, 15) is 8.42 Å². The molecule has 1 saturated heterocycles. The molecular weight excluding hydrogens is 212 g/mol. The van der Waals surface area contributed by atoms with Crippen LogP contribution in [-0.2, 0) is 9.84 Å². The van der Waals surface area contributed by atoms with Gasteiger partial charge in [-0.3, -0.25) is 4.90 Å². The summed E-state index contributed by atoms with van der Waals surface area (Å²) in [6, 6.07) is 0.0800. The summed E-state index contributed by atoms with van der Waals surface area (Å²) in [6.07, 6.45) is 1.82. The highest BCUT2D eigenvalue weighted by atomic mass is 32.2. The van der Waals surface area contributed by atoms with Crippen LogP contribution in [-0.4, -0.2) is 50.3 Å². The number of hydrogen-bond acceptors (Lipinski definition) is 4. The van der Waals surface area contributed by atoms with Crippen LogP contribution < -0.4 is 5.32 Å². The molecule has 86 valence electrons. The summed E-state index contributed by atoms with van der Waals surface area (Å²) >= 11 is 0. The average molecular weight is 230 g/mol. The molecule has 2 aliphatic rings. The second-order valence-electron chi connectivity index (χ2n) is 5.01. The molecule has 0 spiro atoms. The number of sulfone groups is 1. The zero-order valence-corrected chi connectivity index (χ0v) is 10.0. The lowest BCUT2D eigenvalue weighted by Gasteiger charge is -2.41. The smallest absolute Gasteiger partial charge is 0.173 e. The third kappa shape index (κ3) is 2.59. The summed E-state index contributed by atoms with van der Waals surface area (Å²) in [6.45, 7) is 7.04. The Hall–Kier alpha value is -0.390. The van der Waals surface area contributed by atoms with Gasteiger partial charge >= 0.3 is 0 Å². The third-order valence-corrected chi connectivity index (χ3v) is 4.36. The minimum Gasteiger partial charge on any atom is -0.309 e. The summed E-state index contributed by atoms with van der Waals surface area (Å²) in [5.41, 5.74) is 0.0818. The SMILES string of the molecule is CC1(C)CN(C2C=CS(=O)(=O)C2)CCN1. The summed E-state index contributed by atoms with van der Waals surface area (Å²) in [5, 5.41) is 4.77. The summed E-state index contributed by atoms with van der Waals surface area (Å²) in [5.74, 6) is 0.253. The molecule has 2 rings (SSSR count). The topological polar surface area (TPSA) is 49.4 Å². The van der Waals surface area contributed by atoms with E-state index in [-0.39, 0.29) is 17.3 Å². The summed E-state index contributed by atoms with van der Waals surface area (Å²) in [7, 11) is -2.92. The van der Waals surface area contributed by atoms with E-state index in [1.807, 2.05) is 6.08 Å². The fourth-order valence-corrected chi connectivity index (χ4v) is 3.58. The zero-order chi connectivity index (χ0) is 11.1. The quantitative estimate of drug-likeness (QED) is 0.688. The summed E-state index contributed by atoms with van der Waals surface area (Å²) in [4.78, 5) is 2.25. The van der Waals surface area contributed by atoms with E-state index in [0.717, 1.165) is 19.6 Å². The van der Waals surface area contributed by atoms with Crippen LogP contribution >= 0.6 is 0 Å². The normalized spacial score (nSPS) is 34.4. The van der Waals surface area contributed by atoms with Crippen molar-refractivity contribution in [3.63, 3.8) is 0 Å². The van der Waals surface area contributed by atoms with Gasteiger partial charge in [0.2, 0.25) is 0 Å². The fourth-order valence-electron chi connectivity index (χ4n) is 2.25. The molecule has 0 saturated carbocycles. The minimum absolute atomic E-state index is 0.0800. The van der Waals surface area contributed by atoms with Crippen LogP contribution in [0.15, 0.2) is 11.5 Å². The maximum atomic E-state index is 11.3. The van der Waals surface area contributed by atoms with E-state index < -0.39 is 9.84 Å². The van der Waals surface area contributed by atoms with Crippen molar-refractivity contribution in [1.82, 2.24) is 10.2 Å². The van der Waals surface area contributed by atoms with Crippen molar-refractivity contribution in [1.29, 1.82) is 0 Å². The standard InChI is InChI=1S/C10H18N2O2S/c1-10(2)8-12(5-4-11-10)9-3-6-15(13,14)7-9/h3,6,9,11H,4-5,7-8H2,1-2H3. The zero-order valence-electron chi connectivity index (χ0n) is 9.23. The van der Waals surface area contributed by atoms with Gasteiger partial charge in [-0.05, 0) is 13.8 Å². The molecule has 1 unspecified atom stereocenters. The van der Waals surface area contributed by atoms with Crippen LogP contribution in [0.25, 0.3) is 0 Å². The van der Waals surface area contributed by atoms with Crippen LogP contribution in [0.2, 0.25) is 0 Å². The van der Waals surface area contributed by atoms with Crippen molar-refractivity contribution in [2.75, 3.05) is 25.4 Å². The predicted molar refractivity (Wildman–Crippen MR) is 60.4 cm³/mol. The van der Waals surface area contributed by atoms with Crippen molar-refractivity contribution < 1.29 is 8.42 Å². The lowest BCUT2D eigenvalue weighted by atomic mass is 10.0. The molecule has 1 atom stereocenters. The van der Waals surface area contributed by atoms with Crippen molar-refractivity contribution in [2.45, 2.75) is 25.4 Å². The first-order valence-corrected chi connectivity index (χ1v) is 7.00. The van der Waals surface area contributed by atoms with E-state index in [1.54, 1.807) is 0 Å². The Morgan fingerprint density at radius 2 is 2.20 bits per heavy atom. The van der Waals surface area contributed by atoms with E-state index in [2.05, 4.69) is 24.1 Å². The van der Waals surface area contributed by atoms with Gasteiger partial charge in [0.25, 0.3) is 0 Å². The minimum atomic E-state index is -2.92. The molecule has 4 nitrogen and oxygen atoms in total. The maximum absolute atomic E-state index is 11.3. The van der Waals surface area contributed by atoms with Crippen molar-refractivity contribution in [3.8, 4) is 0 Å². The second kappa shape index (κ2) is 3.57. The van der Waals surface area contributed by atoms with Crippen LogP contribution in [0.1, 0.15) is 13.8 Å². The highest BCUT2D eigenvalue weighted by molar-refractivity contribution is 7.94. The molecule has 0 aromatic rings. The van der Waals surface area contributed by atoms with Gasteiger partial charge in [0.1, 0.15) is 0 Å². The molecule has 0 bridgehead atoms. The molecular formula is C10H18N2O2S. The molecule has 0 radical (unpaired) electrons. The van der Waals surface area contributed by atoms with Gasteiger partial charge in [-0.25, -0.2) is 8.42 Å². The monoisotopic (exact) mass is 230 g/mol. The fraction of sp³-hybridized carbons (Fsp3) is 0.800. The van der Waals surface area contributed by atoms with Crippen LogP contribution in [0.3, 0.4) is 0 Å². The lowest BCUT2D eigenvalue weighted by molar-refractivity contribution is 0.137. The molecule has 0 aromatic carbocycles. The number of nitrogens with one attached hydrogen (secondary N) is 1.